The van der Waals surface area contributed by atoms with E-state index < -0.39 is 9.84 Å². The van der Waals surface area contributed by atoms with Crippen LogP contribution in [0.2, 0.25) is 0 Å². The summed E-state index contributed by atoms with van der Waals surface area (Å²) in [4.78, 5) is 9.31. The van der Waals surface area contributed by atoms with Gasteiger partial charge in [0.1, 0.15) is 23.0 Å². The highest BCUT2D eigenvalue weighted by Crippen LogP contribution is 2.30. The lowest BCUT2D eigenvalue weighted by atomic mass is 10.2. The number of benzene rings is 4. The van der Waals surface area contributed by atoms with Crippen molar-refractivity contribution in [3.63, 3.8) is 0 Å². The van der Waals surface area contributed by atoms with Crippen molar-refractivity contribution in [2.24, 2.45) is 9.98 Å². The number of aliphatic imine (C=N–C) groups is 2. The minimum atomic E-state index is -3.82. The average Bonchev–Trinajstić information content (AvgIpc) is 3.05. The Morgan fingerprint density at radius 1 is 0.512 bits per heavy atom. The summed E-state index contributed by atoms with van der Waals surface area (Å²) < 4.78 is 59.3. The van der Waals surface area contributed by atoms with Gasteiger partial charge < -0.3 is 28.4 Å². The zero-order valence-electron chi connectivity index (χ0n) is 24.7. The van der Waals surface area contributed by atoms with Gasteiger partial charge in [0.15, 0.2) is 0 Å². The highest BCUT2D eigenvalue weighted by Gasteiger charge is 2.19. The molecule has 11 heteroatoms. The Bertz CT molecular complexity index is 1610. The van der Waals surface area contributed by atoms with E-state index in [4.69, 9.17) is 28.4 Å². The molecule has 0 radical (unpaired) electrons. The van der Waals surface area contributed by atoms with Crippen molar-refractivity contribution < 1.29 is 36.8 Å². The van der Waals surface area contributed by atoms with E-state index in [2.05, 4.69) is 9.98 Å². The number of methoxy groups -OCH3 is 6. The lowest BCUT2D eigenvalue weighted by Crippen LogP contribution is -2.06. The van der Waals surface area contributed by atoms with Crippen molar-refractivity contribution in [3.8, 4) is 23.0 Å². The first-order valence-corrected chi connectivity index (χ1v) is 14.4. The molecule has 0 spiro atoms. The van der Waals surface area contributed by atoms with Gasteiger partial charge in [0.2, 0.25) is 21.6 Å². The van der Waals surface area contributed by atoms with Gasteiger partial charge in [-0.2, -0.15) is 0 Å². The molecule has 43 heavy (non-hydrogen) atoms. The number of rotatable bonds is 10. The van der Waals surface area contributed by atoms with Gasteiger partial charge in [-0.3, -0.25) is 0 Å². The van der Waals surface area contributed by atoms with Gasteiger partial charge in [0.25, 0.3) is 0 Å². The number of sulfone groups is 1. The first kappa shape index (κ1) is 30.9. The van der Waals surface area contributed by atoms with E-state index >= 15 is 0 Å². The maximum absolute atomic E-state index is 13.4. The molecule has 0 aliphatic heterocycles. The lowest BCUT2D eigenvalue weighted by molar-refractivity contribution is 0.385. The van der Waals surface area contributed by atoms with Gasteiger partial charge >= 0.3 is 0 Å². The third-order valence-corrected chi connectivity index (χ3v) is 8.20. The number of hydrogen-bond acceptors (Lipinski definition) is 10. The van der Waals surface area contributed by atoms with Crippen molar-refractivity contribution >= 4 is 33.0 Å². The van der Waals surface area contributed by atoms with Gasteiger partial charge in [-0.1, -0.05) is 0 Å². The fourth-order valence-electron chi connectivity index (χ4n) is 4.16. The third kappa shape index (κ3) is 6.90. The molecule has 4 rings (SSSR count). The van der Waals surface area contributed by atoms with Crippen LogP contribution >= 0.6 is 0 Å². The molecular formula is C32H32N2O8S. The van der Waals surface area contributed by atoms with E-state index in [-0.39, 0.29) is 21.6 Å². The highest BCUT2D eigenvalue weighted by molar-refractivity contribution is 7.91. The minimum absolute atomic E-state index is 0.110. The van der Waals surface area contributed by atoms with Crippen LogP contribution in [-0.4, -0.2) is 62.9 Å². The van der Waals surface area contributed by atoms with Crippen LogP contribution in [0.4, 0.5) is 11.4 Å². The Morgan fingerprint density at radius 3 is 1.19 bits per heavy atom. The zero-order valence-corrected chi connectivity index (χ0v) is 25.5. The summed E-state index contributed by atoms with van der Waals surface area (Å²) >= 11 is 0. The highest BCUT2D eigenvalue weighted by atomic mass is 32.2. The van der Waals surface area contributed by atoms with Crippen LogP contribution in [-0.2, 0) is 19.3 Å². The molecule has 0 aromatic heterocycles. The second kappa shape index (κ2) is 13.8. The molecule has 0 atom stereocenters. The van der Waals surface area contributed by atoms with E-state index in [0.717, 1.165) is 0 Å². The monoisotopic (exact) mass is 604 g/mol. The van der Waals surface area contributed by atoms with Gasteiger partial charge in [-0.15, -0.1) is 0 Å². The summed E-state index contributed by atoms with van der Waals surface area (Å²) in [6.45, 7) is 0. The first-order chi connectivity index (χ1) is 20.8. The average molecular weight is 605 g/mol. The summed E-state index contributed by atoms with van der Waals surface area (Å²) in [5.41, 5.74) is 2.16. The molecule has 0 aliphatic rings. The molecule has 0 saturated heterocycles. The zero-order chi connectivity index (χ0) is 31.0. The molecule has 0 bridgehead atoms. The van der Waals surface area contributed by atoms with E-state index in [9.17, 15) is 8.42 Å². The maximum atomic E-state index is 13.4. The summed E-state index contributed by atoms with van der Waals surface area (Å²) in [7, 11) is 5.39. The van der Waals surface area contributed by atoms with Gasteiger partial charge in [-0.25, -0.2) is 18.4 Å². The Labute approximate surface area is 251 Å². The van der Waals surface area contributed by atoms with Crippen molar-refractivity contribution in [2.75, 3.05) is 42.7 Å². The van der Waals surface area contributed by atoms with Crippen LogP contribution in [0, 0.1) is 0 Å². The molecule has 0 aliphatic carbocycles. The molecule has 0 N–H and O–H groups in total. The fourth-order valence-corrected chi connectivity index (χ4v) is 5.43. The molecule has 0 heterocycles. The van der Waals surface area contributed by atoms with E-state index in [1.165, 1.54) is 38.5 Å². The summed E-state index contributed by atoms with van der Waals surface area (Å²) in [5.74, 6) is 2.88. The van der Waals surface area contributed by atoms with E-state index in [1.54, 1.807) is 89.1 Å². The Kier molecular flexibility index (Phi) is 9.89. The molecule has 224 valence electrons. The summed E-state index contributed by atoms with van der Waals surface area (Å²) in [6.07, 6.45) is 0. The van der Waals surface area contributed by atoms with Crippen LogP contribution in [0.1, 0.15) is 11.1 Å². The second-order valence-electron chi connectivity index (χ2n) is 8.87. The van der Waals surface area contributed by atoms with Gasteiger partial charge in [0, 0.05) is 0 Å². The molecular weight excluding hydrogens is 572 g/mol. The molecule has 0 amide bonds. The van der Waals surface area contributed by atoms with Crippen LogP contribution in [0.5, 0.6) is 23.0 Å². The quantitative estimate of drug-likeness (QED) is 0.160. The molecule has 4 aromatic carbocycles. The van der Waals surface area contributed by atoms with Gasteiger partial charge in [0.05, 0.1) is 75.0 Å². The SMILES string of the molecule is CO/C(=N\c1ccc(S(=O)(=O)c2ccc(/N=C(\OC)c3cc(OC)ccc3OC)cc2)cc1)c1cc(OC)ccc1OC. The first-order valence-electron chi connectivity index (χ1n) is 12.9. The normalized spacial score (nSPS) is 12.0. The van der Waals surface area contributed by atoms with E-state index in [1.807, 2.05) is 0 Å². The van der Waals surface area contributed by atoms with Crippen molar-refractivity contribution in [2.45, 2.75) is 9.79 Å². The Balaban J connectivity index is 1.60. The van der Waals surface area contributed by atoms with Crippen LogP contribution in [0.3, 0.4) is 0 Å². The third-order valence-electron chi connectivity index (χ3n) is 6.42. The molecule has 4 aromatic rings. The Hall–Kier alpha value is -5.03. The van der Waals surface area contributed by atoms with Crippen LogP contribution in [0.25, 0.3) is 0 Å². The smallest absolute Gasteiger partial charge is 0.224 e. The van der Waals surface area contributed by atoms with Crippen LogP contribution in [0.15, 0.2) is 105 Å². The molecule has 0 fully saturated rings. The standard InChI is InChI=1S/C32H32N2O8S/c1-37-23-11-17-29(39-3)27(19-23)31(41-5)33-21-7-13-25(14-8-21)43(35,36)26-15-9-22(10-16-26)34-32(42-6)28-20-24(38-2)12-18-30(28)40-4/h7-20H,1-6H3/b33-31-,34-32-. The summed E-state index contributed by atoms with van der Waals surface area (Å²) in [6, 6.07) is 22.9. The fraction of sp³-hybridized carbons (Fsp3) is 0.188. The van der Waals surface area contributed by atoms with Crippen molar-refractivity contribution in [3.05, 3.63) is 96.1 Å². The Morgan fingerprint density at radius 2 is 0.884 bits per heavy atom. The topological polar surface area (TPSA) is 114 Å². The van der Waals surface area contributed by atoms with E-state index in [0.29, 0.717) is 45.5 Å². The molecule has 0 saturated carbocycles. The largest absolute Gasteiger partial charge is 0.497 e. The number of nitrogens with zero attached hydrogens (tertiary/aromatic N) is 2. The van der Waals surface area contributed by atoms with Crippen LogP contribution < -0.4 is 18.9 Å². The molecule has 0 unspecified atom stereocenters. The maximum Gasteiger partial charge on any atom is 0.224 e. The van der Waals surface area contributed by atoms with Gasteiger partial charge in [-0.05, 0) is 84.9 Å². The van der Waals surface area contributed by atoms with Crippen molar-refractivity contribution in [1.29, 1.82) is 0 Å². The number of hydrogen-bond donors (Lipinski definition) is 0. The molecule has 10 nitrogen and oxygen atoms in total. The number of ether oxygens (including phenoxy) is 6. The summed E-state index contributed by atoms with van der Waals surface area (Å²) in [5, 5.41) is 0. The lowest BCUT2D eigenvalue weighted by Gasteiger charge is -2.12. The second-order valence-corrected chi connectivity index (χ2v) is 10.8. The van der Waals surface area contributed by atoms with Crippen molar-refractivity contribution in [1.82, 2.24) is 0 Å². The minimum Gasteiger partial charge on any atom is -0.497 e. The predicted molar refractivity (Wildman–Crippen MR) is 164 cm³/mol. The predicted octanol–water partition coefficient (Wildman–Crippen LogP) is 6.00.